The highest BCUT2D eigenvalue weighted by atomic mass is 16.6. The molecule has 1 rings (SSSR count). The van der Waals surface area contributed by atoms with Crippen LogP contribution in [-0.2, 0) is 35.2 Å². The summed E-state index contributed by atoms with van der Waals surface area (Å²) in [4.78, 5) is 33.7. The summed E-state index contributed by atoms with van der Waals surface area (Å²) in [5.74, 6) is -1.33. The van der Waals surface area contributed by atoms with Crippen molar-refractivity contribution in [3.05, 3.63) is 35.9 Å². The van der Waals surface area contributed by atoms with E-state index >= 15 is 0 Å². The predicted molar refractivity (Wildman–Crippen MR) is 85.9 cm³/mol. The fourth-order valence-electron chi connectivity index (χ4n) is 2.02. The second kappa shape index (κ2) is 10.4. The molecule has 7 nitrogen and oxygen atoms in total. The minimum atomic E-state index is -0.769. The SMILES string of the molecule is CC(=O)N[C@H](COC(C)=O)[C@H](COCc1ccccc1)OC(C)=O. The number of nitrogens with one attached hydrogen (secondary N) is 1. The van der Waals surface area contributed by atoms with Crippen molar-refractivity contribution in [3.8, 4) is 0 Å². The summed E-state index contributed by atoms with van der Waals surface area (Å²) in [6.07, 6.45) is -0.769. The molecule has 0 fully saturated rings. The molecule has 2 atom stereocenters. The summed E-state index contributed by atoms with van der Waals surface area (Å²) >= 11 is 0. The van der Waals surface area contributed by atoms with Crippen molar-refractivity contribution in [1.82, 2.24) is 5.32 Å². The molecule has 132 valence electrons. The summed E-state index contributed by atoms with van der Waals surface area (Å²) in [6.45, 7) is 4.13. The first kappa shape index (κ1) is 19.6. The van der Waals surface area contributed by atoms with Gasteiger partial charge in [-0.2, -0.15) is 0 Å². The second-order valence-corrected chi connectivity index (χ2v) is 5.26. The Labute approximate surface area is 141 Å². The van der Waals surface area contributed by atoms with Gasteiger partial charge in [0.25, 0.3) is 0 Å². The molecule has 0 aliphatic carbocycles. The normalized spacial score (nSPS) is 12.8. The largest absolute Gasteiger partial charge is 0.464 e. The second-order valence-electron chi connectivity index (χ2n) is 5.26. The Morgan fingerprint density at radius 2 is 1.67 bits per heavy atom. The smallest absolute Gasteiger partial charge is 0.303 e. The molecule has 0 heterocycles. The van der Waals surface area contributed by atoms with Gasteiger partial charge in [0.05, 0.1) is 13.2 Å². The zero-order chi connectivity index (χ0) is 17.9. The highest BCUT2D eigenvalue weighted by Crippen LogP contribution is 2.07. The number of carbonyl (C=O) groups excluding carboxylic acids is 3. The van der Waals surface area contributed by atoms with Gasteiger partial charge in [-0.15, -0.1) is 0 Å². The molecule has 1 aromatic rings. The molecule has 1 amide bonds. The number of rotatable bonds is 9. The Kier molecular flexibility index (Phi) is 8.49. The van der Waals surface area contributed by atoms with E-state index in [0.717, 1.165) is 5.56 Å². The van der Waals surface area contributed by atoms with Crippen LogP contribution in [0.3, 0.4) is 0 Å². The third-order valence-corrected chi connectivity index (χ3v) is 3.01. The van der Waals surface area contributed by atoms with Crippen LogP contribution in [0.4, 0.5) is 0 Å². The zero-order valence-electron chi connectivity index (χ0n) is 14.1. The van der Waals surface area contributed by atoms with Gasteiger partial charge in [-0.3, -0.25) is 14.4 Å². The van der Waals surface area contributed by atoms with Crippen LogP contribution in [0.2, 0.25) is 0 Å². The summed E-state index contributed by atoms with van der Waals surface area (Å²) in [5.41, 5.74) is 0.968. The maximum atomic E-state index is 11.4. The first-order valence-electron chi connectivity index (χ1n) is 7.58. The van der Waals surface area contributed by atoms with Gasteiger partial charge >= 0.3 is 11.9 Å². The van der Waals surface area contributed by atoms with Crippen molar-refractivity contribution >= 4 is 17.8 Å². The third kappa shape index (κ3) is 8.28. The van der Waals surface area contributed by atoms with Crippen LogP contribution in [0, 0.1) is 0 Å². The van der Waals surface area contributed by atoms with Crippen molar-refractivity contribution in [2.45, 2.75) is 39.5 Å². The molecule has 1 aromatic carbocycles. The van der Waals surface area contributed by atoms with Crippen LogP contribution < -0.4 is 5.32 Å². The molecule has 24 heavy (non-hydrogen) atoms. The molecule has 0 aliphatic rings. The van der Waals surface area contributed by atoms with Crippen molar-refractivity contribution in [2.24, 2.45) is 0 Å². The fraction of sp³-hybridized carbons (Fsp3) is 0.471. The lowest BCUT2D eigenvalue weighted by molar-refractivity contribution is -0.156. The summed E-state index contributed by atoms with van der Waals surface area (Å²) in [6, 6.07) is 8.81. The first-order chi connectivity index (χ1) is 11.4. The molecule has 0 aromatic heterocycles. The Balaban J connectivity index is 2.68. The minimum absolute atomic E-state index is 0.0562. The fourth-order valence-corrected chi connectivity index (χ4v) is 2.02. The molecule has 7 heteroatoms. The van der Waals surface area contributed by atoms with Gasteiger partial charge < -0.3 is 19.5 Å². The number of carbonyl (C=O) groups is 3. The van der Waals surface area contributed by atoms with Gasteiger partial charge in [-0.05, 0) is 5.56 Å². The molecule has 0 saturated heterocycles. The van der Waals surface area contributed by atoms with E-state index in [0.29, 0.717) is 6.61 Å². The van der Waals surface area contributed by atoms with E-state index in [1.54, 1.807) is 0 Å². The van der Waals surface area contributed by atoms with Crippen LogP contribution in [0.25, 0.3) is 0 Å². The van der Waals surface area contributed by atoms with E-state index in [9.17, 15) is 14.4 Å². The minimum Gasteiger partial charge on any atom is -0.464 e. The zero-order valence-corrected chi connectivity index (χ0v) is 14.1. The number of ether oxygens (including phenoxy) is 3. The molecule has 0 saturated carbocycles. The summed E-state index contributed by atoms with van der Waals surface area (Å²) < 4.78 is 15.7. The highest BCUT2D eigenvalue weighted by Gasteiger charge is 2.26. The predicted octanol–water partition coefficient (Wildman–Crippen LogP) is 1.20. The summed E-state index contributed by atoms with van der Waals surface area (Å²) in [7, 11) is 0. The Morgan fingerprint density at radius 1 is 1.00 bits per heavy atom. The van der Waals surface area contributed by atoms with E-state index in [4.69, 9.17) is 14.2 Å². The maximum absolute atomic E-state index is 11.4. The number of hydrogen-bond acceptors (Lipinski definition) is 6. The van der Waals surface area contributed by atoms with E-state index in [-0.39, 0.29) is 19.1 Å². The van der Waals surface area contributed by atoms with Crippen LogP contribution in [-0.4, -0.2) is 43.2 Å². The molecule has 0 spiro atoms. The molecular formula is C17H23NO6. The molecule has 1 N–H and O–H groups in total. The van der Waals surface area contributed by atoms with E-state index in [2.05, 4.69) is 5.32 Å². The average Bonchev–Trinajstić information content (AvgIpc) is 2.50. The van der Waals surface area contributed by atoms with Gasteiger partial charge in [0.2, 0.25) is 5.91 Å². The van der Waals surface area contributed by atoms with Gasteiger partial charge in [0, 0.05) is 20.8 Å². The number of benzene rings is 1. The van der Waals surface area contributed by atoms with Crippen molar-refractivity contribution < 1.29 is 28.6 Å². The van der Waals surface area contributed by atoms with Gasteiger partial charge in [-0.1, -0.05) is 30.3 Å². The lowest BCUT2D eigenvalue weighted by Gasteiger charge is -2.26. The standard InChI is InChI=1S/C17H23NO6/c1-12(19)18-16(10-23-13(2)20)17(24-14(3)21)11-22-9-15-7-5-4-6-8-15/h4-8,16-17H,9-11H2,1-3H3,(H,18,19)/t16-,17+/m1/s1. The van der Waals surface area contributed by atoms with Crippen LogP contribution in [0.1, 0.15) is 26.3 Å². The average molecular weight is 337 g/mol. The molecule has 0 unspecified atom stereocenters. The Bertz CT molecular complexity index is 545. The van der Waals surface area contributed by atoms with Gasteiger partial charge in [-0.25, -0.2) is 0 Å². The van der Waals surface area contributed by atoms with Gasteiger partial charge in [0.1, 0.15) is 18.8 Å². The van der Waals surface area contributed by atoms with Crippen molar-refractivity contribution in [3.63, 3.8) is 0 Å². The Morgan fingerprint density at radius 3 is 2.21 bits per heavy atom. The maximum Gasteiger partial charge on any atom is 0.303 e. The molecule has 0 radical (unpaired) electrons. The molecule has 0 aliphatic heterocycles. The highest BCUT2D eigenvalue weighted by molar-refractivity contribution is 5.73. The number of amides is 1. The number of esters is 2. The Hall–Kier alpha value is -2.41. The van der Waals surface area contributed by atoms with Gasteiger partial charge in [0.15, 0.2) is 0 Å². The topological polar surface area (TPSA) is 90.9 Å². The van der Waals surface area contributed by atoms with Crippen LogP contribution in [0.15, 0.2) is 30.3 Å². The van der Waals surface area contributed by atoms with E-state index in [1.807, 2.05) is 30.3 Å². The number of hydrogen-bond donors (Lipinski definition) is 1. The van der Waals surface area contributed by atoms with E-state index in [1.165, 1.54) is 20.8 Å². The lowest BCUT2D eigenvalue weighted by Crippen LogP contribution is -2.49. The van der Waals surface area contributed by atoms with Crippen molar-refractivity contribution in [2.75, 3.05) is 13.2 Å². The quantitative estimate of drug-likeness (QED) is 0.681. The molecule has 0 bridgehead atoms. The monoisotopic (exact) mass is 337 g/mol. The third-order valence-electron chi connectivity index (χ3n) is 3.01. The van der Waals surface area contributed by atoms with E-state index < -0.39 is 24.1 Å². The first-order valence-corrected chi connectivity index (χ1v) is 7.58. The summed E-state index contributed by atoms with van der Waals surface area (Å²) in [5, 5.41) is 2.62. The molecular weight excluding hydrogens is 314 g/mol. The van der Waals surface area contributed by atoms with Crippen LogP contribution in [0.5, 0.6) is 0 Å². The lowest BCUT2D eigenvalue weighted by atomic mass is 10.1. The van der Waals surface area contributed by atoms with Crippen molar-refractivity contribution in [1.29, 1.82) is 0 Å². The van der Waals surface area contributed by atoms with Crippen LogP contribution >= 0.6 is 0 Å².